The fraction of sp³-hybridized carbons (Fsp3) is 0.267. The van der Waals surface area contributed by atoms with Crippen LogP contribution in [0.25, 0.3) is 0 Å². The molecule has 0 heterocycles. The summed E-state index contributed by atoms with van der Waals surface area (Å²) in [6.07, 6.45) is 1.14. The highest BCUT2D eigenvalue weighted by molar-refractivity contribution is 6.05. The third-order valence-corrected chi connectivity index (χ3v) is 2.75. The van der Waals surface area contributed by atoms with Gasteiger partial charge in [-0.3, -0.25) is 0 Å². The predicted octanol–water partition coefficient (Wildman–Crippen LogP) is 2.52. The van der Waals surface area contributed by atoms with Crippen LogP contribution in [0.1, 0.15) is 46.5 Å². The van der Waals surface area contributed by atoms with Crippen LogP contribution in [0.2, 0.25) is 0 Å². The fourth-order valence-corrected chi connectivity index (χ4v) is 1.78. The lowest BCUT2D eigenvalue weighted by molar-refractivity contribution is -0.130. The van der Waals surface area contributed by atoms with Gasteiger partial charge in [-0.1, -0.05) is 26.0 Å². The Morgan fingerprint density at radius 1 is 1.19 bits per heavy atom. The highest BCUT2D eigenvalue weighted by Gasteiger charge is 2.25. The van der Waals surface area contributed by atoms with Crippen molar-refractivity contribution in [1.82, 2.24) is 0 Å². The Hall–Kier alpha value is -2.63. The molecule has 0 amide bonds. The van der Waals surface area contributed by atoms with Crippen LogP contribution in [0.15, 0.2) is 24.3 Å². The van der Waals surface area contributed by atoms with Gasteiger partial charge in [0.05, 0.1) is 5.56 Å². The standard InChI is InChI=1S/C15H16O6/c1-4-5-9-6-7-10(13(16)17)11(14(18)19)12(9)21-15(20)8(2)3/h6-7H,2,4-5H2,1,3H3,(H,16,17)(H,18,19). The summed E-state index contributed by atoms with van der Waals surface area (Å²) in [7, 11) is 0. The van der Waals surface area contributed by atoms with Crippen molar-refractivity contribution in [2.75, 3.05) is 0 Å². The SMILES string of the molecule is C=C(C)C(=O)Oc1c(CCC)ccc(C(=O)O)c1C(=O)O. The molecule has 0 aliphatic carbocycles. The van der Waals surface area contributed by atoms with Gasteiger partial charge in [-0.05, 0) is 25.0 Å². The summed E-state index contributed by atoms with van der Waals surface area (Å²) in [5.41, 5.74) is -0.390. The van der Waals surface area contributed by atoms with Gasteiger partial charge in [0.2, 0.25) is 0 Å². The summed E-state index contributed by atoms with van der Waals surface area (Å²) >= 11 is 0. The minimum Gasteiger partial charge on any atom is -0.478 e. The van der Waals surface area contributed by atoms with Crippen LogP contribution >= 0.6 is 0 Å². The molecule has 0 atom stereocenters. The molecule has 0 spiro atoms. The Kier molecular flexibility index (Phi) is 5.24. The third-order valence-electron chi connectivity index (χ3n) is 2.75. The van der Waals surface area contributed by atoms with Gasteiger partial charge in [-0.2, -0.15) is 0 Å². The topological polar surface area (TPSA) is 101 Å². The van der Waals surface area contributed by atoms with E-state index in [0.717, 1.165) is 0 Å². The van der Waals surface area contributed by atoms with Crippen LogP contribution in [0.5, 0.6) is 5.75 Å². The number of carboxylic acid groups (broad SMARTS) is 2. The lowest BCUT2D eigenvalue weighted by Crippen LogP contribution is -2.16. The van der Waals surface area contributed by atoms with Crippen LogP contribution < -0.4 is 4.74 Å². The van der Waals surface area contributed by atoms with E-state index in [-0.39, 0.29) is 11.3 Å². The third kappa shape index (κ3) is 3.68. The number of benzene rings is 1. The summed E-state index contributed by atoms with van der Waals surface area (Å²) < 4.78 is 5.06. The number of ether oxygens (including phenoxy) is 1. The van der Waals surface area contributed by atoms with E-state index in [0.29, 0.717) is 18.4 Å². The molecule has 0 bridgehead atoms. The lowest BCUT2D eigenvalue weighted by Gasteiger charge is -2.14. The van der Waals surface area contributed by atoms with Gasteiger partial charge in [-0.15, -0.1) is 0 Å². The molecule has 1 aromatic carbocycles. The smallest absolute Gasteiger partial charge is 0.340 e. The van der Waals surface area contributed by atoms with E-state index in [1.54, 1.807) is 0 Å². The van der Waals surface area contributed by atoms with E-state index in [4.69, 9.17) is 9.84 Å². The Morgan fingerprint density at radius 2 is 1.81 bits per heavy atom. The summed E-state index contributed by atoms with van der Waals surface area (Å²) in [6, 6.07) is 2.66. The molecule has 1 rings (SSSR count). The second kappa shape index (κ2) is 6.69. The first-order chi connectivity index (χ1) is 9.79. The number of aromatic carboxylic acids is 2. The number of hydrogen-bond donors (Lipinski definition) is 2. The largest absolute Gasteiger partial charge is 0.478 e. The number of hydrogen-bond acceptors (Lipinski definition) is 4. The van der Waals surface area contributed by atoms with E-state index < -0.39 is 29.0 Å². The Balaban J connectivity index is 3.54. The summed E-state index contributed by atoms with van der Waals surface area (Å²) in [5, 5.41) is 18.3. The molecule has 0 aromatic heterocycles. The molecule has 6 heteroatoms. The number of rotatable bonds is 6. The van der Waals surface area contributed by atoms with Crippen LogP contribution in [-0.2, 0) is 11.2 Å². The average Bonchev–Trinajstić information content (AvgIpc) is 2.39. The van der Waals surface area contributed by atoms with Crippen molar-refractivity contribution < 1.29 is 29.3 Å². The molecular formula is C15H16O6. The van der Waals surface area contributed by atoms with Crippen LogP contribution in [0.3, 0.4) is 0 Å². The quantitative estimate of drug-likeness (QED) is 0.474. The highest BCUT2D eigenvalue weighted by Crippen LogP contribution is 2.29. The zero-order valence-corrected chi connectivity index (χ0v) is 11.8. The highest BCUT2D eigenvalue weighted by atomic mass is 16.5. The minimum absolute atomic E-state index is 0.0921. The monoisotopic (exact) mass is 292 g/mol. The predicted molar refractivity (Wildman–Crippen MR) is 74.8 cm³/mol. The molecule has 0 aliphatic rings. The zero-order chi connectivity index (χ0) is 16.2. The van der Waals surface area contributed by atoms with Crippen molar-refractivity contribution in [2.24, 2.45) is 0 Å². The number of carbonyl (C=O) groups is 3. The van der Waals surface area contributed by atoms with Gasteiger partial charge < -0.3 is 14.9 Å². The van der Waals surface area contributed by atoms with E-state index >= 15 is 0 Å². The van der Waals surface area contributed by atoms with Crippen molar-refractivity contribution in [1.29, 1.82) is 0 Å². The first kappa shape index (κ1) is 16.4. The second-order valence-electron chi connectivity index (χ2n) is 4.51. The molecule has 2 N–H and O–H groups in total. The maximum atomic E-state index is 11.7. The van der Waals surface area contributed by atoms with E-state index in [1.807, 2.05) is 6.92 Å². The molecular weight excluding hydrogens is 276 g/mol. The van der Waals surface area contributed by atoms with E-state index in [9.17, 15) is 19.5 Å². The van der Waals surface area contributed by atoms with Gasteiger partial charge in [0.25, 0.3) is 0 Å². The first-order valence-corrected chi connectivity index (χ1v) is 6.29. The first-order valence-electron chi connectivity index (χ1n) is 6.29. The molecule has 1 aromatic rings. The summed E-state index contributed by atoms with van der Waals surface area (Å²) in [5.74, 6) is -3.88. The maximum absolute atomic E-state index is 11.7. The van der Waals surface area contributed by atoms with Gasteiger partial charge >= 0.3 is 17.9 Å². The molecule has 0 saturated heterocycles. The molecule has 6 nitrogen and oxygen atoms in total. The fourth-order valence-electron chi connectivity index (χ4n) is 1.78. The van der Waals surface area contributed by atoms with Crippen molar-refractivity contribution in [3.05, 3.63) is 41.0 Å². The molecule has 21 heavy (non-hydrogen) atoms. The molecule has 112 valence electrons. The Labute approximate surface area is 121 Å². The zero-order valence-electron chi connectivity index (χ0n) is 11.8. The molecule has 0 unspecified atom stereocenters. The number of carbonyl (C=O) groups excluding carboxylic acids is 1. The number of carboxylic acids is 2. The van der Waals surface area contributed by atoms with Crippen LogP contribution in [0.4, 0.5) is 0 Å². The van der Waals surface area contributed by atoms with Gasteiger partial charge in [-0.25, -0.2) is 14.4 Å². The minimum atomic E-state index is -1.46. The van der Waals surface area contributed by atoms with E-state index in [2.05, 4.69) is 6.58 Å². The Morgan fingerprint density at radius 3 is 2.24 bits per heavy atom. The molecule has 0 saturated carbocycles. The van der Waals surface area contributed by atoms with Crippen molar-refractivity contribution in [3.63, 3.8) is 0 Å². The van der Waals surface area contributed by atoms with Gasteiger partial charge in [0.1, 0.15) is 11.3 Å². The van der Waals surface area contributed by atoms with Gasteiger partial charge in [0, 0.05) is 5.57 Å². The molecule has 0 fully saturated rings. The average molecular weight is 292 g/mol. The summed E-state index contributed by atoms with van der Waals surface area (Å²) in [6.45, 7) is 6.71. The molecule has 0 aliphatic heterocycles. The van der Waals surface area contributed by atoms with Crippen molar-refractivity contribution >= 4 is 17.9 Å². The van der Waals surface area contributed by atoms with Crippen LogP contribution in [0, 0.1) is 0 Å². The van der Waals surface area contributed by atoms with Crippen molar-refractivity contribution in [2.45, 2.75) is 26.7 Å². The van der Waals surface area contributed by atoms with E-state index in [1.165, 1.54) is 19.1 Å². The summed E-state index contributed by atoms with van der Waals surface area (Å²) in [4.78, 5) is 34.2. The van der Waals surface area contributed by atoms with Crippen LogP contribution in [-0.4, -0.2) is 28.1 Å². The normalized spacial score (nSPS) is 10.0. The Bertz CT molecular complexity index is 615. The number of aryl methyl sites for hydroxylation is 1. The van der Waals surface area contributed by atoms with Crippen molar-refractivity contribution in [3.8, 4) is 5.75 Å². The number of esters is 1. The maximum Gasteiger partial charge on any atom is 0.340 e. The lowest BCUT2D eigenvalue weighted by atomic mass is 9.99. The second-order valence-corrected chi connectivity index (χ2v) is 4.51. The molecule has 0 radical (unpaired) electrons. The van der Waals surface area contributed by atoms with Gasteiger partial charge in [0.15, 0.2) is 0 Å².